The molecule has 0 bridgehead atoms. The van der Waals surface area contributed by atoms with Crippen molar-refractivity contribution in [3.05, 3.63) is 83.6 Å². The summed E-state index contributed by atoms with van der Waals surface area (Å²) in [6, 6.07) is 16.8. The lowest BCUT2D eigenvalue weighted by atomic mass is 10.1. The normalized spacial score (nSPS) is 10.1. The van der Waals surface area contributed by atoms with Crippen LogP contribution in [0.15, 0.2) is 60.9 Å². The third kappa shape index (κ3) is 4.64. The van der Waals surface area contributed by atoms with Gasteiger partial charge in [0, 0.05) is 12.6 Å². The van der Waals surface area contributed by atoms with E-state index in [1.165, 1.54) is 18.5 Å². The Morgan fingerprint density at radius 2 is 1.89 bits per heavy atom. The molecule has 0 atom stereocenters. The van der Waals surface area contributed by atoms with Gasteiger partial charge in [-0.25, -0.2) is 14.4 Å². The van der Waals surface area contributed by atoms with Crippen LogP contribution in [0.3, 0.4) is 0 Å². The zero-order valence-corrected chi connectivity index (χ0v) is 14.3. The minimum absolute atomic E-state index is 0.158. The fraction of sp³-hybridized carbons (Fsp3) is 0.100. The molecule has 0 radical (unpaired) electrons. The summed E-state index contributed by atoms with van der Waals surface area (Å²) >= 11 is 0. The average molecular weight is 361 g/mol. The van der Waals surface area contributed by atoms with E-state index in [1.54, 1.807) is 42.5 Å². The summed E-state index contributed by atoms with van der Waals surface area (Å²) in [5.74, 6) is -0.240. The molecular weight excluding hydrogens is 345 g/mol. The lowest BCUT2D eigenvalue weighted by molar-refractivity contribution is 0.102. The van der Waals surface area contributed by atoms with E-state index in [2.05, 4.69) is 20.6 Å². The molecule has 0 spiro atoms. The maximum absolute atomic E-state index is 13.6. The predicted molar refractivity (Wildman–Crippen MR) is 99.7 cm³/mol. The first-order valence-corrected chi connectivity index (χ1v) is 8.27. The van der Waals surface area contributed by atoms with Crippen molar-refractivity contribution in [2.75, 3.05) is 17.2 Å². The summed E-state index contributed by atoms with van der Waals surface area (Å²) in [7, 11) is 0. The van der Waals surface area contributed by atoms with Crippen molar-refractivity contribution in [2.24, 2.45) is 0 Å². The second kappa shape index (κ2) is 8.54. The van der Waals surface area contributed by atoms with Gasteiger partial charge < -0.3 is 10.6 Å². The van der Waals surface area contributed by atoms with E-state index in [-0.39, 0.29) is 11.5 Å². The number of nitrogens with zero attached hydrogens (tertiary/aromatic N) is 3. The molecule has 27 heavy (non-hydrogen) atoms. The summed E-state index contributed by atoms with van der Waals surface area (Å²) in [4.78, 5) is 20.4. The Labute approximate surface area is 155 Å². The molecular formula is C20H16FN5O. The average Bonchev–Trinajstić information content (AvgIpc) is 2.70. The Morgan fingerprint density at radius 1 is 1.11 bits per heavy atom. The van der Waals surface area contributed by atoms with Gasteiger partial charge in [0.05, 0.1) is 11.3 Å². The Morgan fingerprint density at radius 3 is 2.70 bits per heavy atom. The number of carbonyl (C=O) groups excluding carboxylic acids is 1. The van der Waals surface area contributed by atoms with Crippen LogP contribution in [-0.4, -0.2) is 22.4 Å². The highest BCUT2D eigenvalue weighted by atomic mass is 19.1. The predicted octanol–water partition coefficient (Wildman–Crippen LogP) is 3.39. The van der Waals surface area contributed by atoms with Crippen LogP contribution in [-0.2, 0) is 6.42 Å². The number of para-hydroxylation sites is 1. The van der Waals surface area contributed by atoms with Crippen molar-refractivity contribution in [1.82, 2.24) is 9.97 Å². The first kappa shape index (κ1) is 18.0. The maximum Gasteiger partial charge on any atom is 0.274 e. The second-order valence-electron chi connectivity index (χ2n) is 5.67. The van der Waals surface area contributed by atoms with E-state index in [9.17, 15) is 9.18 Å². The summed E-state index contributed by atoms with van der Waals surface area (Å²) in [6.07, 6.45) is 1.75. The van der Waals surface area contributed by atoms with Gasteiger partial charge in [0.1, 0.15) is 29.7 Å². The van der Waals surface area contributed by atoms with Crippen LogP contribution in [0.1, 0.15) is 21.6 Å². The number of hydrogen-bond donors (Lipinski definition) is 2. The van der Waals surface area contributed by atoms with E-state index in [1.807, 2.05) is 6.07 Å². The zero-order valence-electron chi connectivity index (χ0n) is 14.3. The van der Waals surface area contributed by atoms with Crippen LogP contribution in [0.2, 0.25) is 0 Å². The number of aromatic nitrogens is 2. The van der Waals surface area contributed by atoms with Crippen molar-refractivity contribution in [3.8, 4) is 6.07 Å². The smallest absolute Gasteiger partial charge is 0.274 e. The van der Waals surface area contributed by atoms with Gasteiger partial charge in [0.25, 0.3) is 5.91 Å². The van der Waals surface area contributed by atoms with E-state index >= 15 is 0 Å². The van der Waals surface area contributed by atoms with Crippen molar-refractivity contribution < 1.29 is 9.18 Å². The number of amides is 1. The highest BCUT2D eigenvalue weighted by Gasteiger charge is 2.11. The van der Waals surface area contributed by atoms with Gasteiger partial charge in [0.15, 0.2) is 0 Å². The zero-order chi connectivity index (χ0) is 19.1. The Bertz CT molecular complexity index is 999. The van der Waals surface area contributed by atoms with Gasteiger partial charge in [-0.2, -0.15) is 5.26 Å². The van der Waals surface area contributed by atoms with Gasteiger partial charge in [-0.1, -0.05) is 30.3 Å². The van der Waals surface area contributed by atoms with Gasteiger partial charge in [-0.3, -0.25) is 4.79 Å². The first-order chi connectivity index (χ1) is 13.2. The molecule has 0 aliphatic rings. The lowest BCUT2D eigenvalue weighted by Crippen LogP contribution is -2.16. The van der Waals surface area contributed by atoms with Crippen LogP contribution in [0.25, 0.3) is 0 Å². The molecule has 0 saturated carbocycles. The molecule has 2 N–H and O–H groups in total. The van der Waals surface area contributed by atoms with E-state index in [4.69, 9.17) is 5.26 Å². The number of nitriles is 1. The van der Waals surface area contributed by atoms with Gasteiger partial charge >= 0.3 is 0 Å². The van der Waals surface area contributed by atoms with E-state index < -0.39 is 5.91 Å². The van der Waals surface area contributed by atoms with E-state index in [0.29, 0.717) is 35.6 Å². The molecule has 1 heterocycles. The van der Waals surface area contributed by atoms with Crippen molar-refractivity contribution in [2.45, 2.75) is 6.42 Å². The number of rotatable bonds is 6. The number of nitrogens with one attached hydrogen (secondary N) is 2. The van der Waals surface area contributed by atoms with Crippen LogP contribution in [0.5, 0.6) is 0 Å². The lowest BCUT2D eigenvalue weighted by Gasteiger charge is -2.09. The van der Waals surface area contributed by atoms with Gasteiger partial charge in [0.2, 0.25) is 0 Å². The largest absolute Gasteiger partial charge is 0.370 e. The van der Waals surface area contributed by atoms with Gasteiger partial charge in [-0.05, 0) is 30.2 Å². The van der Waals surface area contributed by atoms with E-state index in [0.717, 1.165) is 0 Å². The first-order valence-electron chi connectivity index (χ1n) is 8.27. The molecule has 134 valence electrons. The fourth-order valence-electron chi connectivity index (χ4n) is 2.48. The Kier molecular flexibility index (Phi) is 5.70. The Balaban J connectivity index is 1.64. The molecule has 2 aromatic carbocycles. The topological polar surface area (TPSA) is 90.7 Å². The minimum Gasteiger partial charge on any atom is -0.370 e. The molecule has 0 aliphatic heterocycles. The van der Waals surface area contributed by atoms with Crippen molar-refractivity contribution in [1.29, 1.82) is 5.26 Å². The monoisotopic (exact) mass is 361 g/mol. The van der Waals surface area contributed by atoms with Crippen LogP contribution < -0.4 is 10.6 Å². The molecule has 0 saturated heterocycles. The molecule has 6 nitrogen and oxygen atoms in total. The number of carbonyl (C=O) groups is 1. The number of hydrogen-bond acceptors (Lipinski definition) is 5. The molecule has 0 fully saturated rings. The maximum atomic E-state index is 13.6. The van der Waals surface area contributed by atoms with Crippen LogP contribution in [0, 0.1) is 17.1 Å². The van der Waals surface area contributed by atoms with Crippen molar-refractivity contribution >= 4 is 17.4 Å². The van der Waals surface area contributed by atoms with Crippen LogP contribution >= 0.6 is 0 Å². The molecule has 1 aromatic heterocycles. The molecule has 1 amide bonds. The molecule has 7 heteroatoms. The Hall–Kier alpha value is -3.79. The summed E-state index contributed by atoms with van der Waals surface area (Å²) in [5.41, 5.74) is 1.54. The number of halogens is 1. The minimum atomic E-state index is -0.447. The van der Waals surface area contributed by atoms with Crippen LogP contribution in [0.4, 0.5) is 15.9 Å². The molecule has 0 aliphatic carbocycles. The summed E-state index contributed by atoms with van der Waals surface area (Å²) in [6.45, 7) is 0.455. The molecule has 3 aromatic rings. The molecule has 0 unspecified atom stereocenters. The highest BCUT2D eigenvalue weighted by molar-refractivity contribution is 6.03. The number of anilines is 2. The fourth-order valence-corrected chi connectivity index (χ4v) is 2.48. The van der Waals surface area contributed by atoms with Gasteiger partial charge in [-0.15, -0.1) is 0 Å². The van der Waals surface area contributed by atoms with Crippen molar-refractivity contribution in [3.63, 3.8) is 0 Å². The summed E-state index contributed by atoms with van der Waals surface area (Å²) < 4.78 is 13.6. The second-order valence-corrected chi connectivity index (χ2v) is 5.67. The third-order valence-electron chi connectivity index (χ3n) is 3.85. The molecule has 3 rings (SSSR count). The standard InChI is InChI=1S/C20H16FN5O/c21-16-7-3-1-5-14(16)9-10-23-19-11-18(24-13-25-19)20(27)26-17-8-4-2-6-15(17)12-22/h1-8,11,13H,9-10H2,(H,26,27)(H,23,24,25). The number of benzene rings is 2. The quantitative estimate of drug-likeness (QED) is 0.702. The SMILES string of the molecule is N#Cc1ccccc1NC(=O)c1cc(NCCc2ccccc2F)ncn1. The third-order valence-corrected chi connectivity index (χ3v) is 3.85. The summed E-state index contributed by atoms with van der Waals surface area (Å²) in [5, 5.41) is 14.8. The highest BCUT2D eigenvalue weighted by Crippen LogP contribution is 2.15.